The van der Waals surface area contributed by atoms with Gasteiger partial charge in [0.25, 0.3) is 12.6 Å². The first kappa shape index (κ1) is 17.1. The molecule has 0 spiro atoms. The highest BCUT2D eigenvalue weighted by molar-refractivity contribution is 6.37. The average Bonchev–Trinajstić information content (AvgIpc) is 2.48. The Morgan fingerprint density at radius 3 is 0.950 bits per heavy atom. The molecule has 0 aromatic carbocycles. The van der Waals surface area contributed by atoms with Gasteiger partial charge in [0.1, 0.15) is 11.4 Å². The van der Waals surface area contributed by atoms with Crippen molar-refractivity contribution in [2.24, 2.45) is 0 Å². The minimum Gasteiger partial charge on any atom is -0.296 e. The van der Waals surface area contributed by atoms with Gasteiger partial charge in [-0.05, 0) is 22.3 Å². The Bertz CT molecular complexity index is 550. The third-order valence-corrected chi connectivity index (χ3v) is 2.63. The van der Waals surface area contributed by atoms with Crippen LogP contribution in [0.1, 0.15) is 0 Å². The Kier molecular flexibility index (Phi) is 5.90. The van der Waals surface area contributed by atoms with E-state index in [9.17, 15) is 9.59 Å². The monoisotopic (exact) mass is 266 g/mol. The van der Waals surface area contributed by atoms with Crippen molar-refractivity contribution in [2.75, 3.05) is 0 Å². The second-order valence-electron chi connectivity index (χ2n) is 3.83. The molecular weight excluding hydrogens is 252 g/mol. The fourth-order valence-electron chi connectivity index (χ4n) is 1.15. The summed E-state index contributed by atoms with van der Waals surface area (Å²) in [5.74, 6) is 0. The van der Waals surface area contributed by atoms with E-state index in [2.05, 4.69) is 39.5 Å². The van der Waals surface area contributed by atoms with Gasteiger partial charge in [-0.15, -0.1) is 0 Å². The molecule has 0 aromatic heterocycles. The molecule has 0 saturated heterocycles. The van der Waals surface area contributed by atoms with Crippen molar-refractivity contribution in [1.82, 2.24) is 0 Å². The van der Waals surface area contributed by atoms with Crippen LogP contribution in [-0.2, 0) is 9.59 Å². The first-order chi connectivity index (χ1) is 9.18. The SMILES string of the molecule is C=C(C(=C)C(=C)C(=C)C(=N)[C]=O)C(=C)C(=C)C(=N)[C]=O. The number of hydrogen-bond donors (Lipinski definition) is 2. The first-order valence-electron chi connectivity index (χ1n) is 5.28. The van der Waals surface area contributed by atoms with Gasteiger partial charge in [0, 0.05) is 11.1 Å². The molecule has 4 nitrogen and oxygen atoms in total. The van der Waals surface area contributed by atoms with E-state index < -0.39 is 11.4 Å². The molecule has 0 rings (SSSR count). The first-order valence-corrected chi connectivity index (χ1v) is 5.28. The zero-order valence-corrected chi connectivity index (χ0v) is 11.1. The van der Waals surface area contributed by atoms with Gasteiger partial charge >= 0.3 is 0 Å². The summed E-state index contributed by atoms with van der Waals surface area (Å²) in [6.45, 7) is 21.9. The van der Waals surface area contributed by atoms with Gasteiger partial charge in [-0.3, -0.25) is 20.4 Å². The third-order valence-electron chi connectivity index (χ3n) is 2.63. The van der Waals surface area contributed by atoms with E-state index in [4.69, 9.17) is 10.8 Å². The van der Waals surface area contributed by atoms with E-state index in [-0.39, 0.29) is 33.4 Å². The Morgan fingerprint density at radius 1 is 0.550 bits per heavy atom. The molecule has 20 heavy (non-hydrogen) atoms. The van der Waals surface area contributed by atoms with E-state index in [1.54, 1.807) is 0 Å². The predicted octanol–water partition coefficient (Wildman–Crippen LogP) is 2.58. The highest BCUT2D eigenvalue weighted by atomic mass is 16.1. The molecule has 4 heteroatoms. The minimum absolute atomic E-state index is 0.0570. The molecule has 0 aromatic rings. The fraction of sp³-hybridized carbons (Fsp3) is 0. The number of allylic oxidation sites excluding steroid dienone is 6. The number of nitrogens with one attached hydrogen (secondary N) is 2. The molecule has 0 atom stereocenters. The fourth-order valence-corrected chi connectivity index (χ4v) is 1.15. The molecule has 0 bridgehead atoms. The largest absolute Gasteiger partial charge is 0.296 e. The molecule has 0 heterocycles. The topological polar surface area (TPSA) is 81.8 Å². The van der Waals surface area contributed by atoms with E-state index in [0.717, 1.165) is 0 Å². The summed E-state index contributed by atoms with van der Waals surface area (Å²) in [7, 11) is 0. The van der Waals surface area contributed by atoms with Crippen molar-refractivity contribution in [1.29, 1.82) is 10.8 Å². The summed E-state index contributed by atoms with van der Waals surface area (Å²) in [5.41, 5.74) is 0.227. The van der Waals surface area contributed by atoms with Crippen molar-refractivity contribution in [3.63, 3.8) is 0 Å². The quantitative estimate of drug-likeness (QED) is 0.496. The lowest BCUT2D eigenvalue weighted by Gasteiger charge is -2.16. The average molecular weight is 266 g/mol. The van der Waals surface area contributed by atoms with Crippen molar-refractivity contribution in [3.05, 3.63) is 72.9 Å². The molecule has 0 amide bonds. The van der Waals surface area contributed by atoms with E-state index in [1.807, 2.05) is 0 Å². The number of hydrogen-bond acceptors (Lipinski definition) is 4. The van der Waals surface area contributed by atoms with Crippen LogP contribution in [-0.4, -0.2) is 24.0 Å². The second kappa shape index (κ2) is 6.89. The van der Waals surface area contributed by atoms with Crippen molar-refractivity contribution >= 4 is 24.0 Å². The molecule has 100 valence electrons. The smallest absolute Gasteiger partial charge is 0.253 e. The lowest BCUT2D eigenvalue weighted by Crippen LogP contribution is -2.09. The van der Waals surface area contributed by atoms with Crippen molar-refractivity contribution in [2.45, 2.75) is 0 Å². The van der Waals surface area contributed by atoms with Crippen molar-refractivity contribution < 1.29 is 9.59 Å². The summed E-state index contributed by atoms with van der Waals surface area (Å²) < 4.78 is 0. The Balaban J connectivity index is 5.19. The molecule has 0 fully saturated rings. The van der Waals surface area contributed by atoms with Crippen LogP contribution in [0.4, 0.5) is 0 Å². The van der Waals surface area contributed by atoms with Gasteiger partial charge < -0.3 is 0 Å². The maximum atomic E-state index is 10.4. The van der Waals surface area contributed by atoms with Gasteiger partial charge in [-0.25, -0.2) is 0 Å². The number of rotatable bonds is 9. The summed E-state index contributed by atoms with van der Waals surface area (Å²) in [6, 6.07) is 0. The van der Waals surface area contributed by atoms with Gasteiger partial charge in [-0.2, -0.15) is 0 Å². The highest BCUT2D eigenvalue weighted by Crippen LogP contribution is 2.28. The number of carbonyl (C=O) groups excluding carboxylic acids is 2. The standard InChI is InChI=1S/C16H14N2O2/c1-9(11(3)13(5)15(17)7-19)10(2)12(4)14(6)16(18)8-20/h17-18H,1-6H2. The van der Waals surface area contributed by atoms with Crippen molar-refractivity contribution in [3.8, 4) is 0 Å². The van der Waals surface area contributed by atoms with Crippen LogP contribution in [0.2, 0.25) is 0 Å². The van der Waals surface area contributed by atoms with Gasteiger partial charge in [0.15, 0.2) is 0 Å². The molecule has 0 unspecified atom stereocenters. The van der Waals surface area contributed by atoms with Crippen LogP contribution < -0.4 is 0 Å². The lowest BCUT2D eigenvalue weighted by atomic mass is 9.87. The Labute approximate surface area is 118 Å². The van der Waals surface area contributed by atoms with E-state index >= 15 is 0 Å². The van der Waals surface area contributed by atoms with E-state index in [0.29, 0.717) is 0 Å². The molecule has 0 aliphatic heterocycles. The summed E-state index contributed by atoms with van der Waals surface area (Å²) in [5, 5.41) is 14.6. The highest BCUT2D eigenvalue weighted by Gasteiger charge is 2.16. The summed E-state index contributed by atoms with van der Waals surface area (Å²) in [6.07, 6.45) is 2.79. The molecule has 0 saturated carbocycles. The molecule has 2 radical (unpaired) electrons. The maximum Gasteiger partial charge on any atom is 0.253 e. The molecule has 0 aliphatic rings. The Morgan fingerprint density at radius 2 is 0.750 bits per heavy atom. The molecule has 2 N–H and O–H groups in total. The minimum atomic E-state index is -0.442. The summed E-state index contributed by atoms with van der Waals surface area (Å²) in [4.78, 5) is 20.8. The normalized spacial score (nSPS) is 9.00. The lowest BCUT2D eigenvalue weighted by molar-refractivity contribution is 0.566. The summed E-state index contributed by atoms with van der Waals surface area (Å²) >= 11 is 0. The molecule has 0 aliphatic carbocycles. The van der Waals surface area contributed by atoms with Crippen LogP contribution in [0, 0.1) is 10.8 Å². The van der Waals surface area contributed by atoms with Crippen LogP contribution in [0.3, 0.4) is 0 Å². The predicted molar refractivity (Wildman–Crippen MR) is 81.7 cm³/mol. The van der Waals surface area contributed by atoms with E-state index in [1.165, 1.54) is 12.6 Å². The Hall–Kier alpha value is -2.88. The van der Waals surface area contributed by atoms with Crippen LogP contribution in [0.5, 0.6) is 0 Å². The van der Waals surface area contributed by atoms with Crippen LogP contribution >= 0.6 is 0 Å². The van der Waals surface area contributed by atoms with Crippen LogP contribution in [0.25, 0.3) is 0 Å². The van der Waals surface area contributed by atoms with Gasteiger partial charge in [-0.1, -0.05) is 39.5 Å². The van der Waals surface area contributed by atoms with Crippen LogP contribution in [0.15, 0.2) is 72.9 Å². The zero-order chi connectivity index (χ0) is 16.0. The second-order valence-corrected chi connectivity index (χ2v) is 3.83. The maximum absolute atomic E-state index is 10.4. The zero-order valence-electron chi connectivity index (χ0n) is 11.1. The van der Waals surface area contributed by atoms with Gasteiger partial charge in [0.2, 0.25) is 0 Å². The molecular formula is C16H14N2O2. The third kappa shape index (κ3) is 3.55. The van der Waals surface area contributed by atoms with Gasteiger partial charge in [0.05, 0.1) is 0 Å².